The quantitative estimate of drug-likeness (QED) is 0.817. The Labute approximate surface area is 163 Å². The number of anilines is 2. The van der Waals surface area contributed by atoms with Crippen LogP contribution in [0.4, 0.5) is 11.4 Å². The third-order valence-corrected chi connectivity index (χ3v) is 6.14. The van der Waals surface area contributed by atoms with Gasteiger partial charge in [0.15, 0.2) is 0 Å². The van der Waals surface area contributed by atoms with Gasteiger partial charge in [0.1, 0.15) is 6.04 Å². The maximum Gasteiger partial charge on any atom is 0.259 e. The lowest BCUT2D eigenvalue weighted by Crippen LogP contribution is -2.53. The van der Waals surface area contributed by atoms with Crippen LogP contribution in [0.15, 0.2) is 30.3 Å². The normalized spacial score (nSPS) is 22.6. The molecule has 0 aromatic heterocycles. The predicted octanol–water partition coefficient (Wildman–Crippen LogP) is 2.99. The van der Waals surface area contributed by atoms with Gasteiger partial charge in [0.25, 0.3) is 5.91 Å². The van der Waals surface area contributed by atoms with Gasteiger partial charge in [-0.3, -0.25) is 24.6 Å². The highest BCUT2D eigenvalue weighted by molar-refractivity contribution is 6.27. The highest BCUT2D eigenvalue weighted by atomic mass is 16.2. The summed E-state index contributed by atoms with van der Waals surface area (Å²) < 4.78 is 0. The monoisotopic (exact) mass is 377 g/mol. The van der Waals surface area contributed by atoms with Crippen molar-refractivity contribution < 1.29 is 14.4 Å². The molecule has 6 heteroatoms. The molecular formula is C22H23N3O3. The zero-order valence-electron chi connectivity index (χ0n) is 15.7. The first-order valence-electron chi connectivity index (χ1n) is 10.1. The molecule has 0 saturated carbocycles. The molecule has 144 valence electrons. The van der Waals surface area contributed by atoms with E-state index >= 15 is 0 Å². The second-order valence-electron chi connectivity index (χ2n) is 7.91. The van der Waals surface area contributed by atoms with Gasteiger partial charge in [0, 0.05) is 30.6 Å². The molecule has 3 aliphatic rings. The Bertz CT molecular complexity index is 992. The highest BCUT2D eigenvalue weighted by Gasteiger charge is 2.40. The van der Waals surface area contributed by atoms with E-state index in [0.717, 1.165) is 35.2 Å². The standard InChI is InChI=1S/C22H23N3O3/c26-19-9-8-18(21(27)23-19)25-17-7-5-6-14-12-15(13-16(20(14)17)22(25)28)24-10-3-1-2-4-11-24/h5-7,12-13,18H,1-4,8-11H2,(H,23,26,27). The molecule has 0 aliphatic carbocycles. The lowest BCUT2D eigenvalue weighted by Gasteiger charge is -2.30. The average molecular weight is 377 g/mol. The molecule has 5 rings (SSSR count). The molecule has 3 aliphatic heterocycles. The van der Waals surface area contributed by atoms with Gasteiger partial charge in [-0.05, 0) is 42.8 Å². The van der Waals surface area contributed by atoms with E-state index in [1.165, 1.54) is 25.7 Å². The molecule has 0 radical (unpaired) electrons. The molecular weight excluding hydrogens is 354 g/mol. The van der Waals surface area contributed by atoms with Gasteiger partial charge in [-0.2, -0.15) is 0 Å². The van der Waals surface area contributed by atoms with Crippen molar-refractivity contribution in [2.45, 2.75) is 44.6 Å². The third kappa shape index (κ3) is 2.66. The number of nitrogens with one attached hydrogen (secondary N) is 1. The number of benzene rings is 2. The molecule has 6 nitrogen and oxygen atoms in total. The van der Waals surface area contributed by atoms with Crippen LogP contribution in [-0.2, 0) is 9.59 Å². The van der Waals surface area contributed by atoms with Gasteiger partial charge in [-0.15, -0.1) is 0 Å². The smallest absolute Gasteiger partial charge is 0.259 e. The molecule has 2 aromatic rings. The van der Waals surface area contributed by atoms with Crippen molar-refractivity contribution >= 4 is 39.9 Å². The lowest BCUT2D eigenvalue weighted by atomic mass is 10.0. The van der Waals surface area contributed by atoms with E-state index in [0.29, 0.717) is 12.0 Å². The second kappa shape index (κ2) is 6.62. The van der Waals surface area contributed by atoms with E-state index in [1.807, 2.05) is 24.3 Å². The Hall–Kier alpha value is -2.89. The highest BCUT2D eigenvalue weighted by Crippen LogP contribution is 2.41. The van der Waals surface area contributed by atoms with Gasteiger partial charge in [-0.25, -0.2) is 0 Å². The van der Waals surface area contributed by atoms with Crippen LogP contribution in [0.1, 0.15) is 48.9 Å². The summed E-state index contributed by atoms with van der Waals surface area (Å²) in [6.45, 7) is 2.02. The van der Waals surface area contributed by atoms with Crippen LogP contribution in [0.3, 0.4) is 0 Å². The summed E-state index contributed by atoms with van der Waals surface area (Å²) in [4.78, 5) is 41.3. The first kappa shape index (κ1) is 17.2. The predicted molar refractivity (Wildman–Crippen MR) is 108 cm³/mol. The Morgan fingerprint density at radius 3 is 2.50 bits per heavy atom. The number of nitrogens with zero attached hydrogens (tertiary/aromatic N) is 2. The minimum Gasteiger partial charge on any atom is -0.371 e. The SMILES string of the molecule is O=C1CCC(N2C(=O)c3cc(N4CCCCCC4)cc4cccc2c34)C(=O)N1. The van der Waals surface area contributed by atoms with Gasteiger partial charge >= 0.3 is 0 Å². The van der Waals surface area contributed by atoms with Gasteiger partial charge < -0.3 is 4.90 Å². The molecule has 0 spiro atoms. The first-order valence-corrected chi connectivity index (χ1v) is 10.1. The van der Waals surface area contributed by atoms with Crippen molar-refractivity contribution in [1.29, 1.82) is 0 Å². The van der Waals surface area contributed by atoms with E-state index in [4.69, 9.17) is 0 Å². The summed E-state index contributed by atoms with van der Waals surface area (Å²) in [5, 5.41) is 4.31. The molecule has 0 bridgehead atoms. The van der Waals surface area contributed by atoms with Crippen molar-refractivity contribution in [3.05, 3.63) is 35.9 Å². The van der Waals surface area contributed by atoms with Crippen LogP contribution in [-0.4, -0.2) is 36.9 Å². The fraction of sp³-hybridized carbons (Fsp3) is 0.409. The minimum absolute atomic E-state index is 0.141. The first-order chi connectivity index (χ1) is 13.6. The van der Waals surface area contributed by atoms with Crippen LogP contribution < -0.4 is 15.1 Å². The van der Waals surface area contributed by atoms with Crippen molar-refractivity contribution in [3.63, 3.8) is 0 Å². The summed E-state index contributed by atoms with van der Waals surface area (Å²) in [5.74, 6) is -0.799. The van der Waals surface area contributed by atoms with E-state index in [-0.39, 0.29) is 24.1 Å². The largest absolute Gasteiger partial charge is 0.371 e. The van der Waals surface area contributed by atoms with Gasteiger partial charge in [-0.1, -0.05) is 25.0 Å². The molecule has 1 unspecified atom stereocenters. The number of imide groups is 1. The third-order valence-electron chi connectivity index (χ3n) is 6.14. The fourth-order valence-corrected chi connectivity index (χ4v) is 4.75. The maximum absolute atomic E-state index is 13.3. The topological polar surface area (TPSA) is 69.7 Å². The molecule has 1 atom stereocenters. The van der Waals surface area contributed by atoms with Gasteiger partial charge in [0.2, 0.25) is 11.8 Å². The lowest BCUT2D eigenvalue weighted by molar-refractivity contribution is -0.134. The summed E-state index contributed by atoms with van der Waals surface area (Å²) in [6.07, 6.45) is 5.46. The summed E-state index contributed by atoms with van der Waals surface area (Å²) in [7, 11) is 0. The van der Waals surface area contributed by atoms with Crippen LogP contribution >= 0.6 is 0 Å². The zero-order valence-corrected chi connectivity index (χ0v) is 15.7. The second-order valence-corrected chi connectivity index (χ2v) is 7.91. The number of rotatable bonds is 2. The number of carbonyl (C=O) groups excluding carboxylic acids is 3. The van der Waals surface area contributed by atoms with Crippen molar-refractivity contribution in [2.24, 2.45) is 0 Å². The fourth-order valence-electron chi connectivity index (χ4n) is 4.75. The van der Waals surface area contributed by atoms with E-state index in [2.05, 4.69) is 16.3 Å². The Morgan fingerprint density at radius 2 is 1.75 bits per heavy atom. The molecule has 3 heterocycles. The number of carbonyl (C=O) groups is 3. The van der Waals surface area contributed by atoms with Crippen LogP contribution in [0.25, 0.3) is 10.8 Å². The Kier molecular flexibility index (Phi) is 4.07. The number of amides is 3. The molecule has 2 fully saturated rings. The maximum atomic E-state index is 13.3. The van der Waals surface area contributed by atoms with Crippen molar-refractivity contribution in [2.75, 3.05) is 22.9 Å². The van der Waals surface area contributed by atoms with Crippen LogP contribution in [0.5, 0.6) is 0 Å². The van der Waals surface area contributed by atoms with Crippen molar-refractivity contribution in [1.82, 2.24) is 5.32 Å². The van der Waals surface area contributed by atoms with E-state index in [9.17, 15) is 14.4 Å². The average Bonchev–Trinajstić information content (AvgIpc) is 2.87. The van der Waals surface area contributed by atoms with Crippen LogP contribution in [0, 0.1) is 0 Å². The van der Waals surface area contributed by atoms with Crippen molar-refractivity contribution in [3.8, 4) is 0 Å². The molecule has 28 heavy (non-hydrogen) atoms. The van der Waals surface area contributed by atoms with E-state index < -0.39 is 6.04 Å². The van der Waals surface area contributed by atoms with Gasteiger partial charge in [0.05, 0.1) is 11.3 Å². The van der Waals surface area contributed by atoms with Crippen LogP contribution in [0.2, 0.25) is 0 Å². The molecule has 2 saturated heterocycles. The Morgan fingerprint density at radius 1 is 0.964 bits per heavy atom. The summed E-state index contributed by atoms with van der Waals surface area (Å²) >= 11 is 0. The zero-order chi connectivity index (χ0) is 19.3. The molecule has 1 N–H and O–H groups in total. The number of hydrogen-bond acceptors (Lipinski definition) is 4. The number of hydrogen-bond donors (Lipinski definition) is 1. The minimum atomic E-state index is -0.634. The summed E-state index contributed by atoms with van der Waals surface area (Å²) in [6, 6.07) is 9.38. The summed E-state index contributed by atoms with van der Waals surface area (Å²) in [5.41, 5.74) is 2.52. The molecule has 2 aromatic carbocycles. The molecule has 3 amide bonds. The van der Waals surface area contributed by atoms with E-state index in [1.54, 1.807) is 4.90 Å². The number of piperidine rings is 1. The Balaban J connectivity index is 1.57.